The average molecular weight is 398 g/mol. The highest BCUT2D eigenvalue weighted by atomic mass is 16.5. The fraction of sp³-hybridized carbons (Fsp3) is 0.286. The van der Waals surface area contributed by atoms with E-state index in [1.807, 2.05) is 0 Å². The molecule has 0 atom stereocenters. The Morgan fingerprint density at radius 2 is 1.69 bits per heavy atom. The predicted molar refractivity (Wildman–Crippen MR) is 112 cm³/mol. The van der Waals surface area contributed by atoms with Gasteiger partial charge in [-0.3, -0.25) is 14.4 Å². The Balaban J connectivity index is 1.85. The van der Waals surface area contributed by atoms with Crippen molar-refractivity contribution in [1.29, 1.82) is 0 Å². The maximum absolute atomic E-state index is 12.2. The molecule has 0 aliphatic heterocycles. The molecule has 2 aromatic carbocycles. The minimum atomic E-state index is -0.249. The minimum absolute atomic E-state index is 0.0469. The van der Waals surface area contributed by atoms with Gasteiger partial charge in [0.2, 0.25) is 5.91 Å². The second kappa shape index (κ2) is 10.8. The lowest BCUT2D eigenvalue weighted by molar-refractivity contribution is -0.114. The molecule has 8 nitrogen and oxygen atoms in total. The van der Waals surface area contributed by atoms with Gasteiger partial charge < -0.3 is 25.6 Å². The number of anilines is 2. The molecule has 0 bridgehead atoms. The van der Waals surface area contributed by atoms with Crippen LogP contribution in [0.3, 0.4) is 0 Å². The van der Waals surface area contributed by atoms with Crippen molar-refractivity contribution in [2.75, 3.05) is 51.5 Å². The van der Waals surface area contributed by atoms with Gasteiger partial charge in [-0.05, 0) is 42.5 Å². The number of carbonyl (C=O) groups excluding carboxylic acids is 3. The molecule has 0 unspecified atom stereocenters. The third-order valence-corrected chi connectivity index (χ3v) is 3.99. The molecular formula is C21H26N4O4. The summed E-state index contributed by atoms with van der Waals surface area (Å²) in [7, 11) is 4.92. The Morgan fingerprint density at radius 1 is 0.966 bits per heavy atom. The first-order valence-electron chi connectivity index (χ1n) is 9.13. The summed E-state index contributed by atoms with van der Waals surface area (Å²) in [6.45, 7) is 0.939. The van der Waals surface area contributed by atoms with Crippen molar-refractivity contribution in [1.82, 2.24) is 10.2 Å². The second-order valence-electron chi connectivity index (χ2n) is 6.51. The Kier molecular flexibility index (Phi) is 8.17. The maximum Gasteiger partial charge on any atom is 0.253 e. The number of benzene rings is 2. The molecule has 0 aliphatic carbocycles. The zero-order valence-corrected chi connectivity index (χ0v) is 16.8. The van der Waals surface area contributed by atoms with Gasteiger partial charge >= 0.3 is 0 Å². The lowest BCUT2D eigenvalue weighted by Crippen LogP contribution is -2.26. The van der Waals surface area contributed by atoms with Gasteiger partial charge in [0.1, 0.15) is 0 Å². The van der Waals surface area contributed by atoms with Crippen LogP contribution in [0, 0.1) is 0 Å². The van der Waals surface area contributed by atoms with Gasteiger partial charge in [-0.15, -0.1) is 0 Å². The molecule has 0 radical (unpaired) electrons. The molecule has 0 saturated carbocycles. The van der Waals surface area contributed by atoms with Gasteiger partial charge in [-0.2, -0.15) is 0 Å². The summed E-state index contributed by atoms with van der Waals surface area (Å²) in [5.41, 5.74) is 2.29. The van der Waals surface area contributed by atoms with Crippen molar-refractivity contribution in [2.24, 2.45) is 0 Å². The van der Waals surface area contributed by atoms with E-state index in [2.05, 4.69) is 16.0 Å². The molecule has 0 aliphatic rings. The number of hydrogen-bond acceptors (Lipinski definition) is 5. The molecular weight excluding hydrogens is 372 g/mol. The van der Waals surface area contributed by atoms with E-state index in [-0.39, 0.29) is 24.3 Å². The predicted octanol–water partition coefficient (Wildman–Crippen LogP) is 1.82. The van der Waals surface area contributed by atoms with Crippen LogP contribution in [0.15, 0.2) is 48.5 Å². The Labute approximate surface area is 170 Å². The van der Waals surface area contributed by atoms with Crippen LogP contribution in [0.5, 0.6) is 0 Å². The Hall–Kier alpha value is -3.39. The first kappa shape index (κ1) is 21.9. The molecule has 8 heteroatoms. The first-order valence-corrected chi connectivity index (χ1v) is 9.13. The van der Waals surface area contributed by atoms with Crippen molar-refractivity contribution < 1.29 is 19.1 Å². The molecule has 0 spiro atoms. The summed E-state index contributed by atoms with van der Waals surface area (Å²) in [6, 6.07) is 13.6. The van der Waals surface area contributed by atoms with Crippen LogP contribution < -0.4 is 16.0 Å². The van der Waals surface area contributed by atoms with Crippen molar-refractivity contribution in [3.05, 3.63) is 59.7 Å². The third kappa shape index (κ3) is 6.93. The summed E-state index contributed by atoms with van der Waals surface area (Å²) < 4.78 is 4.89. The second-order valence-corrected chi connectivity index (χ2v) is 6.51. The van der Waals surface area contributed by atoms with Crippen LogP contribution in [0.1, 0.15) is 20.7 Å². The molecule has 0 saturated heterocycles. The highest BCUT2D eigenvalue weighted by Crippen LogP contribution is 2.13. The number of nitrogens with one attached hydrogen (secondary N) is 3. The molecule has 29 heavy (non-hydrogen) atoms. The zero-order valence-electron chi connectivity index (χ0n) is 16.8. The smallest absolute Gasteiger partial charge is 0.253 e. The van der Waals surface area contributed by atoms with E-state index in [0.29, 0.717) is 35.7 Å². The molecule has 0 aromatic heterocycles. The van der Waals surface area contributed by atoms with Gasteiger partial charge in [0.25, 0.3) is 11.8 Å². The molecule has 0 heterocycles. The third-order valence-electron chi connectivity index (χ3n) is 3.99. The molecule has 3 N–H and O–H groups in total. The van der Waals surface area contributed by atoms with E-state index >= 15 is 0 Å². The fourth-order valence-corrected chi connectivity index (χ4v) is 2.48. The molecule has 0 fully saturated rings. The Bertz CT molecular complexity index is 850. The number of rotatable bonds is 9. The summed E-state index contributed by atoms with van der Waals surface area (Å²) in [6.07, 6.45) is 0. The van der Waals surface area contributed by atoms with E-state index in [0.717, 1.165) is 0 Å². The van der Waals surface area contributed by atoms with Crippen molar-refractivity contribution >= 4 is 29.1 Å². The van der Waals surface area contributed by atoms with E-state index in [4.69, 9.17) is 4.74 Å². The number of carbonyl (C=O) groups is 3. The Morgan fingerprint density at radius 3 is 2.34 bits per heavy atom. The maximum atomic E-state index is 12.2. The molecule has 2 rings (SSSR count). The molecule has 3 amide bonds. The minimum Gasteiger partial charge on any atom is -0.383 e. The van der Waals surface area contributed by atoms with Crippen LogP contribution in [0.2, 0.25) is 0 Å². The van der Waals surface area contributed by atoms with Crippen LogP contribution in [-0.4, -0.2) is 63.5 Å². The normalized spacial score (nSPS) is 10.2. The fourth-order valence-electron chi connectivity index (χ4n) is 2.48. The van der Waals surface area contributed by atoms with Crippen molar-refractivity contribution in [3.63, 3.8) is 0 Å². The van der Waals surface area contributed by atoms with E-state index in [1.165, 1.54) is 4.90 Å². The summed E-state index contributed by atoms with van der Waals surface area (Å²) >= 11 is 0. The monoisotopic (exact) mass is 398 g/mol. The van der Waals surface area contributed by atoms with Gasteiger partial charge in [0.05, 0.1) is 13.2 Å². The molecule has 154 valence electrons. The number of nitrogens with zero attached hydrogens (tertiary/aromatic N) is 1. The van der Waals surface area contributed by atoms with Crippen LogP contribution in [0.4, 0.5) is 11.4 Å². The topological polar surface area (TPSA) is 99.8 Å². The molecule has 2 aromatic rings. The number of ether oxygens (including phenoxy) is 1. The SMILES string of the molecule is COCCNC(=O)c1ccc(NCC(=O)Nc2cccc(C(=O)N(C)C)c2)cc1. The van der Waals surface area contributed by atoms with E-state index in [9.17, 15) is 14.4 Å². The number of methoxy groups -OCH3 is 1. The van der Waals surface area contributed by atoms with Gasteiger partial charge in [0.15, 0.2) is 0 Å². The highest BCUT2D eigenvalue weighted by Gasteiger charge is 2.10. The van der Waals surface area contributed by atoms with Crippen molar-refractivity contribution in [2.45, 2.75) is 0 Å². The quantitative estimate of drug-likeness (QED) is 0.560. The van der Waals surface area contributed by atoms with E-state index < -0.39 is 0 Å². The van der Waals surface area contributed by atoms with Gasteiger partial charge in [-0.1, -0.05) is 6.07 Å². The lowest BCUT2D eigenvalue weighted by atomic mass is 10.2. The highest BCUT2D eigenvalue weighted by molar-refractivity contribution is 5.98. The largest absolute Gasteiger partial charge is 0.383 e. The van der Waals surface area contributed by atoms with Crippen molar-refractivity contribution in [3.8, 4) is 0 Å². The number of amides is 3. The zero-order chi connectivity index (χ0) is 21.2. The van der Waals surface area contributed by atoms with Crippen LogP contribution in [-0.2, 0) is 9.53 Å². The van der Waals surface area contributed by atoms with Crippen LogP contribution >= 0.6 is 0 Å². The lowest BCUT2D eigenvalue weighted by Gasteiger charge is -2.12. The summed E-state index contributed by atoms with van der Waals surface area (Å²) in [4.78, 5) is 37.6. The first-order chi connectivity index (χ1) is 13.9. The summed E-state index contributed by atoms with van der Waals surface area (Å²) in [5, 5.41) is 8.50. The van der Waals surface area contributed by atoms with Crippen LogP contribution in [0.25, 0.3) is 0 Å². The van der Waals surface area contributed by atoms with Gasteiger partial charge in [-0.25, -0.2) is 0 Å². The average Bonchev–Trinajstić information content (AvgIpc) is 2.72. The summed E-state index contributed by atoms with van der Waals surface area (Å²) in [5.74, 6) is -0.565. The number of hydrogen-bond donors (Lipinski definition) is 3. The standard InChI is InChI=1S/C21H26N4O4/c1-25(2)21(28)16-5-4-6-18(13-16)24-19(26)14-23-17-9-7-15(8-10-17)20(27)22-11-12-29-3/h4-10,13,23H,11-12,14H2,1-3H3,(H,22,27)(H,24,26). The van der Waals surface area contributed by atoms with E-state index in [1.54, 1.807) is 69.7 Å². The van der Waals surface area contributed by atoms with Gasteiger partial charge in [0, 0.05) is 50.3 Å².